The van der Waals surface area contributed by atoms with Gasteiger partial charge in [-0.3, -0.25) is 4.79 Å². The number of nitrogens with zero attached hydrogens (tertiary/aromatic N) is 1. The van der Waals surface area contributed by atoms with Crippen LogP contribution in [0.3, 0.4) is 0 Å². The van der Waals surface area contributed by atoms with Gasteiger partial charge in [0.05, 0.1) is 18.4 Å². The standard InChI is InChI=1S/C24H28N2O2/c1-5-6-15-25-24(27)22-16-23(19-9-13-21(28-4)14-10-19)26(18(22)3)20-11-7-17(2)8-12-20/h7-14,16H,5-6,15H2,1-4H3,(H,25,27). The van der Waals surface area contributed by atoms with Crippen LogP contribution in [0.1, 0.15) is 41.4 Å². The maximum Gasteiger partial charge on any atom is 0.253 e. The van der Waals surface area contributed by atoms with Gasteiger partial charge in [-0.1, -0.05) is 31.0 Å². The number of aryl methyl sites for hydroxylation is 1. The van der Waals surface area contributed by atoms with Gasteiger partial charge in [0, 0.05) is 17.9 Å². The first-order valence-corrected chi connectivity index (χ1v) is 9.77. The smallest absolute Gasteiger partial charge is 0.253 e. The molecule has 2 aromatic carbocycles. The van der Waals surface area contributed by atoms with Crippen LogP contribution in [0.25, 0.3) is 16.9 Å². The summed E-state index contributed by atoms with van der Waals surface area (Å²) in [7, 11) is 1.66. The number of amides is 1. The Morgan fingerprint density at radius 1 is 1.04 bits per heavy atom. The number of hydrogen-bond donors (Lipinski definition) is 1. The Kier molecular flexibility index (Phi) is 6.19. The summed E-state index contributed by atoms with van der Waals surface area (Å²) in [5.74, 6) is 0.790. The fourth-order valence-electron chi connectivity index (χ4n) is 3.31. The highest BCUT2D eigenvalue weighted by Crippen LogP contribution is 2.30. The number of unbranched alkanes of at least 4 members (excludes halogenated alkanes) is 1. The van der Waals surface area contributed by atoms with Crippen LogP contribution in [-0.2, 0) is 0 Å². The van der Waals surface area contributed by atoms with E-state index in [1.807, 2.05) is 37.3 Å². The largest absolute Gasteiger partial charge is 0.497 e. The first-order valence-electron chi connectivity index (χ1n) is 9.77. The summed E-state index contributed by atoms with van der Waals surface area (Å²) in [6.45, 7) is 6.89. The average Bonchev–Trinajstić information content (AvgIpc) is 3.06. The molecule has 0 saturated carbocycles. The molecular weight excluding hydrogens is 348 g/mol. The summed E-state index contributed by atoms with van der Waals surface area (Å²) in [6.07, 6.45) is 2.04. The Morgan fingerprint density at radius 3 is 2.32 bits per heavy atom. The van der Waals surface area contributed by atoms with Gasteiger partial charge in [-0.25, -0.2) is 0 Å². The topological polar surface area (TPSA) is 43.3 Å². The van der Waals surface area contributed by atoms with E-state index in [0.29, 0.717) is 12.1 Å². The van der Waals surface area contributed by atoms with E-state index in [0.717, 1.165) is 41.2 Å². The summed E-state index contributed by atoms with van der Waals surface area (Å²) in [6, 6.07) is 18.3. The molecule has 0 saturated heterocycles. The van der Waals surface area contributed by atoms with E-state index in [9.17, 15) is 4.79 Å². The summed E-state index contributed by atoms with van der Waals surface area (Å²) in [4.78, 5) is 12.8. The van der Waals surface area contributed by atoms with E-state index in [-0.39, 0.29) is 5.91 Å². The van der Waals surface area contributed by atoms with Crippen molar-refractivity contribution in [3.8, 4) is 22.7 Å². The van der Waals surface area contributed by atoms with Crippen molar-refractivity contribution in [1.82, 2.24) is 9.88 Å². The number of aromatic nitrogens is 1. The highest BCUT2D eigenvalue weighted by atomic mass is 16.5. The van der Waals surface area contributed by atoms with Gasteiger partial charge < -0.3 is 14.6 Å². The number of benzene rings is 2. The van der Waals surface area contributed by atoms with Gasteiger partial charge in [-0.05, 0) is 68.3 Å². The molecule has 1 aromatic heterocycles. The van der Waals surface area contributed by atoms with Crippen LogP contribution in [0, 0.1) is 13.8 Å². The SMILES string of the molecule is CCCCNC(=O)c1cc(-c2ccc(OC)cc2)n(-c2ccc(C)cc2)c1C. The van der Waals surface area contributed by atoms with E-state index in [1.165, 1.54) is 5.56 Å². The molecule has 0 atom stereocenters. The van der Waals surface area contributed by atoms with Gasteiger partial charge in [0.25, 0.3) is 5.91 Å². The zero-order valence-corrected chi connectivity index (χ0v) is 17.1. The molecule has 0 spiro atoms. The molecule has 4 nitrogen and oxygen atoms in total. The molecule has 3 rings (SSSR count). The highest BCUT2D eigenvalue weighted by molar-refractivity contribution is 5.97. The first kappa shape index (κ1) is 19.7. The molecule has 1 N–H and O–H groups in total. The molecule has 0 aliphatic heterocycles. The van der Waals surface area contributed by atoms with Crippen molar-refractivity contribution >= 4 is 5.91 Å². The van der Waals surface area contributed by atoms with Crippen LogP contribution < -0.4 is 10.1 Å². The van der Waals surface area contributed by atoms with E-state index < -0.39 is 0 Å². The minimum Gasteiger partial charge on any atom is -0.497 e. The molecule has 28 heavy (non-hydrogen) atoms. The van der Waals surface area contributed by atoms with Gasteiger partial charge in [0.1, 0.15) is 5.75 Å². The lowest BCUT2D eigenvalue weighted by atomic mass is 10.1. The van der Waals surface area contributed by atoms with Crippen molar-refractivity contribution < 1.29 is 9.53 Å². The van der Waals surface area contributed by atoms with Crippen LogP contribution in [-0.4, -0.2) is 24.1 Å². The number of ether oxygens (including phenoxy) is 1. The molecule has 0 unspecified atom stereocenters. The van der Waals surface area contributed by atoms with Crippen molar-refractivity contribution in [3.05, 3.63) is 71.4 Å². The molecule has 0 radical (unpaired) electrons. The van der Waals surface area contributed by atoms with Crippen molar-refractivity contribution in [2.45, 2.75) is 33.6 Å². The van der Waals surface area contributed by atoms with E-state index >= 15 is 0 Å². The Bertz CT molecular complexity index is 938. The van der Waals surface area contributed by atoms with Crippen molar-refractivity contribution in [2.75, 3.05) is 13.7 Å². The maximum atomic E-state index is 12.8. The highest BCUT2D eigenvalue weighted by Gasteiger charge is 2.19. The Morgan fingerprint density at radius 2 is 1.71 bits per heavy atom. The van der Waals surface area contributed by atoms with Gasteiger partial charge in [-0.2, -0.15) is 0 Å². The molecule has 146 valence electrons. The van der Waals surface area contributed by atoms with Crippen LogP contribution in [0.15, 0.2) is 54.6 Å². The van der Waals surface area contributed by atoms with Crippen LogP contribution in [0.4, 0.5) is 0 Å². The van der Waals surface area contributed by atoms with Crippen molar-refractivity contribution in [1.29, 1.82) is 0 Å². The molecule has 1 amide bonds. The summed E-state index contributed by atoms with van der Waals surface area (Å²) in [5, 5.41) is 3.04. The third kappa shape index (κ3) is 4.11. The fourth-order valence-corrected chi connectivity index (χ4v) is 3.31. The summed E-state index contributed by atoms with van der Waals surface area (Å²) < 4.78 is 7.43. The minimum atomic E-state index is -0.0217. The number of rotatable bonds is 7. The second-order valence-electron chi connectivity index (χ2n) is 7.04. The molecule has 4 heteroatoms. The lowest BCUT2D eigenvalue weighted by Crippen LogP contribution is -2.24. The third-order valence-electron chi connectivity index (χ3n) is 4.99. The van der Waals surface area contributed by atoms with Gasteiger partial charge in [0.15, 0.2) is 0 Å². The molecule has 0 aliphatic rings. The van der Waals surface area contributed by atoms with Crippen molar-refractivity contribution in [2.24, 2.45) is 0 Å². The lowest BCUT2D eigenvalue weighted by Gasteiger charge is -2.13. The second-order valence-corrected chi connectivity index (χ2v) is 7.04. The monoisotopic (exact) mass is 376 g/mol. The summed E-state index contributed by atoms with van der Waals surface area (Å²) in [5.41, 5.74) is 5.92. The van der Waals surface area contributed by atoms with Crippen molar-refractivity contribution in [3.63, 3.8) is 0 Å². The molecule has 1 heterocycles. The van der Waals surface area contributed by atoms with E-state index in [4.69, 9.17) is 4.74 Å². The van der Waals surface area contributed by atoms with Crippen LogP contribution >= 0.6 is 0 Å². The molecule has 0 bridgehead atoms. The molecular formula is C24H28N2O2. The number of methoxy groups -OCH3 is 1. The predicted molar refractivity (Wildman–Crippen MR) is 114 cm³/mol. The lowest BCUT2D eigenvalue weighted by molar-refractivity contribution is 0.0952. The molecule has 0 aliphatic carbocycles. The number of nitrogens with one attached hydrogen (secondary N) is 1. The van der Waals surface area contributed by atoms with Gasteiger partial charge >= 0.3 is 0 Å². The number of hydrogen-bond acceptors (Lipinski definition) is 2. The third-order valence-corrected chi connectivity index (χ3v) is 4.99. The van der Waals surface area contributed by atoms with Crippen LogP contribution in [0.5, 0.6) is 5.75 Å². The quantitative estimate of drug-likeness (QED) is 0.569. The number of carbonyl (C=O) groups excluding carboxylic acids is 1. The second kappa shape index (κ2) is 8.79. The molecule has 0 fully saturated rings. The average molecular weight is 377 g/mol. The number of carbonyl (C=O) groups is 1. The Hall–Kier alpha value is -3.01. The zero-order valence-electron chi connectivity index (χ0n) is 17.1. The Labute approximate surface area is 167 Å². The van der Waals surface area contributed by atoms with Gasteiger partial charge in [-0.15, -0.1) is 0 Å². The first-order chi connectivity index (χ1) is 13.5. The summed E-state index contributed by atoms with van der Waals surface area (Å²) >= 11 is 0. The van der Waals surface area contributed by atoms with Gasteiger partial charge in [0.2, 0.25) is 0 Å². The zero-order chi connectivity index (χ0) is 20.1. The minimum absolute atomic E-state index is 0.0217. The normalized spacial score (nSPS) is 10.7. The van der Waals surface area contributed by atoms with E-state index in [2.05, 4.69) is 48.0 Å². The maximum absolute atomic E-state index is 12.8. The Balaban J connectivity index is 2.08. The van der Waals surface area contributed by atoms with Crippen LogP contribution in [0.2, 0.25) is 0 Å². The van der Waals surface area contributed by atoms with E-state index in [1.54, 1.807) is 7.11 Å². The fraction of sp³-hybridized carbons (Fsp3) is 0.292. The molecule has 3 aromatic rings. The predicted octanol–water partition coefficient (Wildman–Crippen LogP) is 5.30.